The number of anilines is 1. The zero-order valence-electron chi connectivity index (χ0n) is 16.9. The highest BCUT2D eigenvalue weighted by atomic mass is 35.5. The van der Waals surface area contributed by atoms with Crippen LogP contribution >= 0.6 is 11.6 Å². The van der Waals surface area contributed by atoms with Gasteiger partial charge in [-0.15, -0.1) is 0 Å². The molecule has 3 aromatic rings. The Labute approximate surface area is 175 Å². The van der Waals surface area contributed by atoms with Crippen LogP contribution in [-0.4, -0.2) is 28.3 Å². The van der Waals surface area contributed by atoms with E-state index in [2.05, 4.69) is 10.3 Å². The van der Waals surface area contributed by atoms with Gasteiger partial charge in [-0.25, -0.2) is 4.98 Å². The van der Waals surface area contributed by atoms with Crippen LogP contribution < -0.4 is 15.8 Å². The summed E-state index contributed by atoms with van der Waals surface area (Å²) in [7, 11) is 0. The highest BCUT2D eigenvalue weighted by Gasteiger charge is 2.42. The average Bonchev–Trinajstić information content (AvgIpc) is 2.65. The van der Waals surface area contributed by atoms with Crippen LogP contribution in [0.4, 0.5) is 5.69 Å². The molecule has 152 valence electrons. The maximum Gasteiger partial charge on any atom is 0.131 e. The van der Waals surface area contributed by atoms with Gasteiger partial charge in [0.05, 0.1) is 11.6 Å². The number of fused-ring (bicyclic) bond motifs is 2. The van der Waals surface area contributed by atoms with Crippen molar-refractivity contribution in [3.8, 4) is 5.75 Å². The largest absolute Gasteiger partial charge is 0.485 e. The van der Waals surface area contributed by atoms with Crippen molar-refractivity contribution in [2.45, 2.75) is 44.9 Å². The molecule has 0 bridgehead atoms. The number of aliphatic hydroxyl groups excluding tert-OH is 1. The van der Waals surface area contributed by atoms with E-state index in [0.29, 0.717) is 11.7 Å². The predicted molar refractivity (Wildman–Crippen MR) is 118 cm³/mol. The van der Waals surface area contributed by atoms with E-state index < -0.39 is 11.7 Å². The molecular formula is C23H26ClN3O2. The number of nitrogens with two attached hydrogens (primary N) is 1. The Morgan fingerprint density at radius 2 is 1.93 bits per heavy atom. The number of nitrogen functional groups attached to an aromatic ring is 1. The molecule has 1 aliphatic rings. The minimum Gasteiger partial charge on any atom is -0.485 e. The lowest BCUT2D eigenvalue weighted by atomic mass is 9.85. The summed E-state index contributed by atoms with van der Waals surface area (Å²) in [4.78, 5) is 4.47. The number of hydrogen-bond donors (Lipinski definition) is 3. The molecular weight excluding hydrogens is 386 g/mol. The summed E-state index contributed by atoms with van der Waals surface area (Å²) in [6.45, 7) is 6.54. The minimum absolute atomic E-state index is 0.270. The van der Waals surface area contributed by atoms with Gasteiger partial charge in [-0.2, -0.15) is 0 Å². The molecule has 0 aliphatic carbocycles. The third-order valence-corrected chi connectivity index (χ3v) is 5.80. The van der Waals surface area contributed by atoms with Gasteiger partial charge >= 0.3 is 0 Å². The molecule has 4 rings (SSSR count). The van der Waals surface area contributed by atoms with Gasteiger partial charge in [0, 0.05) is 16.6 Å². The van der Waals surface area contributed by atoms with Gasteiger partial charge in [0.15, 0.2) is 0 Å². The van der Waals surface area contributed by atoms with Crippen molar-refractivity contribution in [1.29, 1.82) is 0 Å². The SMILES string of the molecule is Cc1cc(Cl)nc2cc3c(cc12)OC(C)(C)C(O)C3NCCc1ccc(N)cc1. The zero-order valence-corrected chi connectivity index (χ0v) is 17.6. The number of benzene rings is 2. The molecule has 5 nitrogen and oxygen atoms in total. The van der Waals surface area contributed by atoms with Crippen LogP contribution in [0.3, 0.4) is 0 Å². The Morgan fingerprint density at radius 1 is 1.21 bits per heavy atom. The third-order valence-electron chi connectivity index (χ3n) is 5.61. The fourth-order valence-corrected chi connectivity index (χ4v) is 4.18. The van der Waals surface area contributed by atoms with Crippen molar-refractivity contribution >= 4 is 28.2 Å². The molecule has 2 aromatic carbocycles. The van der Waals surface area contributed by atoms with Crippen molar-refractivity contribution < 1.29 is 9.84 Å². The Hall–Kier alpha value is -2.34. The lowest BCUT2D eigenvalue weighted by molar-refractivity contribution is -0.0642. The zero-order chi connectivity index (χ0) is 20.8. The molecule has 0 saturated carbocycles. The number of hydrogen-bond acceptors (Lipinski definition) is 5. The topological polar surface area (TPSA) is 80.4 Å². The molecule has 2 heterocycles. The first-order valence-corrected chi connectivity index (χ1v) is 10.2. The summed E-state index contributed by atoms with van der Waals surface area (Å²) >= 11 is 6.16. The van der Waals surface area contributed by atoms with Crippen molar-refractivity contribution in [2.24, 2.45) is 0 Å². The van der Waals surface area contributed by atoms with Crippen LogP contribution in [-0.2, 0) is 6.42 Å². The van der Waals surface area contributed by atoms with Gasteiger partial charge in [-0.05, 0) is 75.2 Å². The highest BCUT2D eigenvalue weighted by molar-refractivity contribution is 6.29. The number of halogens is 1. The number of rotatable bonds is 4. The smallest absolute Gasteiger partial charge is 0.131 e. The van der Waals surface area contributed by atoms with Crippen LogP contribution in [0, 0.1) is 6.92 Å². The van der Waals surface area contributed by atoms with E-state index in [1.807, 2.05) is 63.2 Å². The second-order valence-corrected chi connectivity index (χ2v) is 8.63. The molecule has 0 fully saturated rings. The van der Waals surface area contributed by atoms with Gasteiger partial charge in [0.1, 0.15) is 22.6 Å². The number of aromatic nitrogens is 1. The standard InChI is InChI=1S/C23H26ClN3O2/c1-13-10-20(24)27-18-11-17-19(12-16(13)18)29-23(2,3)22(28)21(17)26-9-8-14-4-6-15(25)7-5-14/h4-7,10-12,21-22,26,28H,8-9,25H2,1-3H3. The van der Waals surface area contributed by atoms with E-state index >= 15 is 0 Å². The summed E-state index contributed by atoms with van der Waals surface area (Å²) in [6, 6.07) is 13.4. The molecule has 1 aromatic heterocycles. The van der Waals surface area contributed by atoms with E-state index in [1.165, 1.54) is 5.56 Å². The Balaban J connectivity index is 1.65. The monoisotopic (exact) mass is 411 g/mol. The Bertz CT molecular complexity index is 1050. The van der Waals surface area contributed by atoms with E-state index in [4.69, 9.17) is 22.1 Å². The maximum atomic E-state index is 11.0. The number of aryl methyl sites for hydroxylation is 1. The summed E-state index contributed by atoms with van der Waals surface area (Å²) in [6.07, 6.45) is 0.121. The number of pyridine rings is 1. The van der Waals surface area contributed by atoms with Crippen LogP contribution in [0.5, 0.6) is 5.75 Å². The van der Waals surface area contributed by atoms with Crippen LogP contribution in [0.25, 0.3) is 10.9 Å². The van der Waals surface area contributed by atoms with Gasteiger partial charge in [0.2, 0.25) is 0 Å². The van der Waals surface area contributed by atoms with Crippen molar-refractivity contribution in [2.75, 3.05) is 12.3 Å². The van der Waals surface area contributed by atoms with E-state index in [-0.39, 0.29) is 6.04 Å². The molecule has 0 saturated heterocycles. The van der Waals surface area contributed by atoms with E-state index in [0.717, 1.165) is 39.9 Å². The summed E-state index contributed by atoms with van der Waals surface area (Å²) in [5.74, 6) is 0.769. The van der Waals surface area contributed by atoms with Crippen LogP contribution in [0.1, 0.15) is 36.6 Å². The summed E-state index contributed by atoms with van der Waals surface area (Å²) < 4.78 is 6.17. The first kappa shape index (κ1) is 20.0. The number of aliphatic hydroxyl groups is 1. The van der Waals surface area contributed by atoms with Crippen molar-refractivity contribution in [3.63, 3.8) is 0 Å². The molecule has 1 aliphatic heterocycles. The highest BCUT2D eigenvalue weighted by Crippen LogP contribution is 2.42. The van der Waals surface area contributed by atoms with Crippen LogP contribution in [0.2, 0.25) is 5.15 Å². The first-order valence-electron chi connectivity index (χ1n) is 9.80. The molecule has 4 N–H and O–H groups in total. The van der Waals surface area contributed by atoms with E-state index in [1.54, 1.807) is 0 Å². The van der Waals surface area contributed by atoms with Crippen molar-refractivity contribution in [1.82, 2.24) is 10.3 Å². The lowest BCUT2D eigenvalue weighted by Crippen LogP contribution is -2.52. The van der Waals surface area contributed by atoms with E-state index in [9.17, 15) is 5.11 Å². The third kappa shape index (κ3) is 3.90. The summed E-state index contributed by atoms with van der Waals surface area (Å²) in [5, 5.41) is 16.0. The van der Waals surface area contributed by atoms with Gasteiger partial charge in [-0.3, -0.25) is 0 Å². The Kier molecular flexibility index (Phi) is 5.15. The maximum absolute atomic E-state index is 11.0. The number of nitrogens with one attached hydrogen (secondary N) is 1. The van der Waals surface area contributed by atoms with Gasteiger partial charge in [0.25, 0.3) is 0 Å². The Morgan fingerprint density at radius 3 is 2.66 bits per heavy atom. The molecule has 0 amide bonds. The fraction of sp³-hybridized carbons (Fsp3) is 0.348. The average molecular weight is 412 g/mol. The molecule has 2 atom stereocenters. The molecule has 6 heteroatoms. The molecule has 0 spiro atoms. The van der Waals surface area contributed by atoms with Crippen LogP contribution in [0.15, 0.2) is 42.5 Å². The molecule has 2 unspecified atom stereocenters. The second-order valence-electron chi connectivity index (χ2n) is 8.24. The number of ether oxygens (including phenoxy) is 1. The van der Waals surface area contributed by atoms with Gasteiger partial charge in [-0.1, -0.05) is 23.7 Å². The quantitative estimate of drug-likeness (QED) is 0.443. The van der Waals surface area contributed by atoms with Gasteiger partial charge < -0.3 is 20.9 Å². The minimum atomic E-state index is -0.715. The summed E-state index contributed by atoms with van der Waals surface area (Å²) in [5.41, 5.74) is 9.74. The molecule has 0 radical (unpaired) electrons. The fourth-order valence-electron chi connectivity index (χ4n) is 3.92. The number of nitrogens with zero attached hydrogens (tertiary/aromatic N) is 1. The first-order chi connectivity index (χ1) is 13.7. The lowest BCUT2D eigenvalue weighted by Gasteiger charge is -2.42. The normalized spacial score (nSPS) is 20.3. The molecule has 29 heavy (non-hydrogen) atoms. The van der Waals surface area contributed by atoms with Crippen molar-refractivity contribution in [3.05, 3.63) is 64.3 Å². The second kappa shape index (κ2) is 7.48. The predicted octanol–water partition coefficient (Wildman–Crippen LogP) is 4.18.